The van der Waals surface area contributed by atoms with Crippen LogP contribution in [0.25, 0.3) is 0 Å². The number of carbonyl (C=O) groups is 3. The van der Waals surface area contributed by atoms with E-state index in [0.717, 1.165) is 29.8 Å². The van der Waals surface area contributed by atoms with Gasteiger partial charge in [-0.3, -0.25) is 14.4 Å². The van der Waals surface area contributed by atoms with Crippen molar-refractivity contribution in [2.45, 2.75) is 32.6 Å². The highest BCUT2D eigenvalue weighted by atomic mass is 16.4. The SMILES string of the molecule is CCCN1C(=NC(=O)c2cccc(C(N)=O)c2)Cc2cc(CCC(=O)O)ccc21. The van der Waals surface area contributed by atoms with Crippen LogP contribution in [0.5, 0.6) is 0 Å². The van der Waals surface area contributed by atoms with Crippen LogP contribution in [0.3, 0.4) is 0 Å². The van der Waals surface area contributed by atoms with Crippen molar-refractivity contribution in [1.82, 2.24) is 0 Å². The van der Waals surface area contributed by atoms with E-state index in [1.807, 2.05) is 23.1 Å². The number of rotatable bonds is 7. The van der Waals surface area contributed by atoms with Gasteiger partial charge in [0.15, 0.2) is 0 Å². The average Bonchev–Trinajstić information content (AvgIpc) is 3.03. The molecule has 0 fully saturated rings. The number of carboxylic acids is 1. The van der Waals surface area contributed by atoms with Crippen molar-refractivity contribution in [3.8, 4) is 0 Å². The second-order valence-corrected chi connectivity index (χ2v) is 6.96. The summed E-state index contributed by atoms with van der Waals surface area (Å²) >= 11 is 0. The Bertz CT molecular complexity index is 997. The van der Waals surface area contributed by atoms with Gasteiger partial charge in [-0.1, -0.05) is 25.1 Å². The van der Waals surface area contributed by atoms with Gasteiger partial charge in [0, 0.05) is 36.2 Å². The summed E-state index contributed by atoms with van der Waals surface area (Å²) in [6, 6.07) is 12.1. The summed E-state index contributed by atoms with van der Waals surface area (Å²) in [7, 11) is 0. The predicted octanol–water partition coefficient (Wildman–Crippen LogP) is 2.81. The fourth-order valence-electron chi connectivity index (χ4n) is 3.42. The maximum atomic E-state index is 12.7. The van der Waals surface area contributed by atoms with E-state index in [-0.39, 0.29) is 12.0 Å². The van der Waals surface area contributed by atoms with Crippen molar-refractivity contribution in [1.29, 1.82) is 0 Å². The number of aliphatic carboxylic acids is 1. The summed E-state index contributed by atoms with van der Waals surface area (Å²) in [6.45, 7) is 2.77. The molecule has 1 aliphatic heterocycles. The zero-order chi connectivity index (χ0) is 21.0. The van der Waals surface area contributed by atoms with Crippen molar-refractivity contribution >= 4 is 29.3 Å². The van der Waals surface area contributed by atoms with Crippen LogP contribution in [0.1, 0.15) is 51.6 Å². The summed E-state index contributed by atoms with van der Waals surface area (Å²) in [6.07, 6.45) is 1.91. The standard InChI is InChI=1S/C22H23N3O4/c1-2-10-25-18-8-6-14(7-9-20(26)27)11-17(18)13-19(25)24-22(29)16-5-3-4-15(12-16)21(23)28/h3-6,8,11-12H,2,7,9-10,13H2,1H3,(H2,23,28)(H,26,27). The molecule has 3 N–H and O–H groups in total. The number of amidine groups is 1. The van der Waals surface area contributed by atoms with E-state index in [1.54, 1.807) is 18.2 Å². The Morgan fingerprint density at radius 3 is 2.59 bits per heavy atom. The molecule has 0 bridgehead atoms. The van der Waals surface area contributed by atoms with Gasteiger partial charge in [0.25, 0.3) is 5.91 Å². The first kappa shape index (κ1) is 20.3. The first-order valence-corrected chi connectivity index (χ1v) is 9.52. The summed E-state index contributed by atoms with van der Waals surface area (Å²) in [5, 5.41) is 8.89. The Hall–Kier alpha value is -3.48. The number of nitrogens with two attached hydrogens (primary N) is 1. The van der Waals surface area contributed by atoms with Crippen LogP contribution in [0.2, 0.25) is 0 Å². The van der Waals surface area contributed by atoms with Crippen molar-refractivity contribution in [3.05, 3.63) is 64.7 Å². The monoisotopic (exact) mass is 393 g/mol. The van der Waals surface area contributed by atoms with Crippen LogP contribution >= 0.6 is 0 Å². The number of aryl methyl sites for hydroxylation is 1. The molecule has 0 spiro atoms. The third-order valence-corrected chi connectivity index (χ3v) is 4.79. The highest BCUT2D eigenvalue weighted by Gasteiger charge is 2.26. The van der Waals surface area contributed by atoms with Gasteiger partial charge in [0.05, 0.1) is 0 Å². The van der Waals surface area contributed by atoms with Gasteiger partial charge in [-0.2, -0.15) is 4.99 Å². The molecule has 0 radical (unpaired) electrons. The maximum Gasteiger partial charge on any atom is 0.303 e. The summed E-state index contributed by atoms with van der Waals surface area (Å²) < 4.78 is 0. The average molecular weight is 393 g/mol. The number of primary amides is 1. The molecule has 0 saturated heterocycles. The van der Waals surface area contributed by atoms with Crippen LogP contribution < -0.4 is 10.6 Å². The first-order valence-electron chi connectivity index (χ1n) is 9.52. The van der Waals surface area contributed by atoms with Crippen molar-refractivity contribution < 1.29 is 19.5 Å². The van der Waals surface area contributed by atoms with Gasteiger partial charge in [0.2, 0.25) is 5.91 Å². The zero-order valence-corrected chi connectivity index (χ0v) is 16.2. The number of nitrogens with zero attached hydrogens (tertiary/aromatic N) is 2. The number of carbonyl (C=O) groups excluding carboxylic acids is 2. The van der Waals surface area contributed by atoms with E-state index >= 15 is 0 Å². The van der Waals surface area contributed by atoms with Crippen molar-refractivity contribution in [3.63, 3.8) is 0 Å². The summed E-state index contributed by atoms with van der Waals surface area (Å²) in [4.78, 5) is 41.2. The Morgan fingerprint density at radius 2 is 1.90 bits per heavy atom. The number of benzene rings is 2. The number of carboxylic acid groups (broad SMARTS) is 1. The number of hydrogen-bond donors (Lipinski definition) is 2. The molecule has 7 nitrogen and oxygen atoms in total. The molecule has 2 amide bonds. The molecule has 0 unspecified atom stereocenters. The fourth-order valence-corrected chi connectivity index (χ4v) is 3.42. The Labute approximate surface area is 168 Å². The lowest BCUT2D eigenvalue weighted by molar-refractivity contribution is -0.136. The second kappa shape index (κ2) is 8.68. The van der Waals surface area contributed by atoms with Gasteiger partial charge >= 0.3 is 5.97 Å². The van der Waals surface area contributed by atoms with Crippen LogP contribution in [0.4, 0.5) is 5.69 Å². The van der Waals surface area contributed by atoms with Crippen LogP contribution in [0.15, 0.2) is 47.5 Å². The van der Waals surface area contributed by atoms with Crippen molar-refractivity contribution in [2.24, 2.45) is 10.7 Å². The maximum absolute atomic E-state index is 12.7. The van der Waals surface area contributed by atoms with Gasteiger partial charge in [-0.25, -0.2) is 0 Å². The summed E-state index contributed by atoms with van der Waals surface area (Å²) in [5.74, 6) is -1.21. The van der Waals surface area contributed by atoms with E-state index < -0.39 is 17.8 Å². The molecule has 7 heteroatoms. The first-order chi connectivity index (χ1) is 13.9. The number of aliphatic imine (C=N–C) groups is 1. The minimum Gasteiger partial charge on any atom is -0.481 e. The predicted molar refractivity (Wildman–Crippen MR) is 110 cm³/mol. The van der Waals surface area contributed by atoms with Crippen molar-refractivity contribution in [2.75, 3.05) is 11.4 Å². The number of amides is 2. The van der Waals surface area contributed by atoms with Gasteiger partial charge < -0.3 is 15.7 Å². The number of hydrogen-bond acceptors (Lipinski definition) is 3. The number of anilines is 1. The molecule has 29 heavy (non-hydrogen) atoms. The quantitative estimate of drug-likeness (QED) is 0.751. The van der Waals surface area contributed by atoms with Crippen LogP contribution in [-0.2, 0) is 17.6 Å². The van der Waals surface area contributed by atoms with E-state index in [1.165, 1.54) is 6.07 Å². The molecular formula is C22H23N3O4. The van der Waals surface area contributed by atoms with Gasteiger partial charge in [-0.05, 0) is 48.2 Å². The molecular weight excluding hydrogens is 370 g/mol. The lowest BCUT2D eigenvalue weighted by Gasteiger charge is -2.19. The molecule has 1 heterocycles. The normalized spacial score (nSPS) is 14.1. The topological polar surface area (TPSA) is 113 Å². The zero-order valence-electron chi connectivity index (χ0n) is 16.2. The van der Waals surface area contributed by atoms with E-state index in [4.69, 9.17) is 10.8 Å². The third-order valence-electron chi connectivity index (χ3n) is 4.79. The third kappa shape index (κ3) is 4.68. The fraction of sp³-hybridized carbons (Fsp3) is 0.273. The van der Waals surface area contributed by atoms with Crippen LogP contribution in [0, 0.1) is 0 Å². The van der Waals surface area contributed by atoms with Crippen LogP contribution in [-0.4, -0.2) is 35.3 Å². The lowest BCUT2D eigenvalue weighted by atomic mass is 10.0. The molecule has 150 valence electrons. The Kier molecular flexibility index (Phi) is 6.07. The molecule has 3 rings (SSSR count). The van der Waals surface area contributed by atoms with Gasteiger partial charge in [0.1, 0.15) is 5.84 Å². The summed E-state index contributed by atoms with van der Waals surface area (Å²) in [5.41, 5.74) is 8.83. The molecule has 0 aliphatic carbocycles. The largest absolute Gasteiger partial charge is 0.481 e. The Balaban J connectivity index is 1.87. The highest BCUT2D eigenvalue weighted by Crippen LogP contribution is 2.31. The molecule has 2 aromatic rings. The molecule has 2 aromatic carbocycles. The Morgan fingerprint density at radius 1 is 1.14 bits per heavy atom. The minimum atomic E-state index is -0.829. The minimum absolute atomic E-state index is 0.0765. The molecule has 0 aromatic heterocycles. The second-order valence-electron chi connectivity index (χ2n) is 6.96. The molecule has 0 atom stereocenters. The van der Waals surface area contributed by atoms with E-state index in [0.29, 0.717) is 24.2 Å². The molecule has 0 saturated carbocycles. The van der Waals surface area contributed by atoms with E-state index in [9.17, 15) is 14.4 Å². The number of fused-ring (bicyclic) bond motifs is 1. The molecule has 1 aliphatic rings. The smallest absolute Gasteiger partial charge is 0.303 e. The highest BCUT2D eigenvalue weighted by molar-refractivity contribution is 6.12. The lowest BCUT2D eigenvalue weighted by Crippen LogP contribution is -2.28. The van der Waals surface area contributed by atoms with Gasteiger partial charge in [-0.15, -0.1) is 0 Å². The van der Waals surface area contributed by atoms with E-state index in [2.05, 4.69) is 11.9 Å².